The van der Waals surface area contributed by atoms with Crippen LogP contribution in [0.5, 0.6) is 11.5 Å². The standard InChI is InChI=1S/C17H14N4O2S/c1-10-4-2-3-5-12(10)16-18-19-17-21(16)20-13(9-24-17)11-6-7-14(22)15(23)8-11/h2-8,22-23H,9H2,1H3. The van der Waals surface area contributed by atoms with Gasteiger partial charge in [-0.3, -0.25) is 0 Å². The zero-order valence-corrected chi connectivity index (χ0v) is 13.7. The van der Waals surface area contributed by atoms with Crippen molar-refractivity contribution < 1.29 is 10.2 Å². The van der Waals surface area contributed by atoms with Gasteiger partial charge in [-0.2, -0.15) is 9.78 Å². The maximum absolute atomic E-state index is 9.71. The molecule has 0 bridgehead atoms. The summed E-state index contributed by atoms with van der Waals surface area (Å²) < 4.78 is 1.73. The normalized spacial score (nSPS) is 13.5. The Morgan fingerprint density at radius 3 is 2.67 bits per heavy atom. The highest BCUT2D eigenvalue weighted by Gasteiger charge is 2.21. The van der Waals surface area contributed by atoms with Gasteiger partial charge in [0.2, 0.25) is 5.16 Å². The maximum atomic E-state index is 9.71. The molecule has 6 nitrogen and oxygen atoms in total. The summed E-state index contributed by atoms with van der Waals surface area (Å²) in [6, 6.07) is 12.7. The molecule has 0 radical (unpaired) electrons. The lowest BCUT2D eigenvalue weighted by Gasteiger charge is -2.14. The number of aromatic nitrogens is 3. The van der Waals surface area contributed by atoms with Crippen LogP contribution in [-0.2, 0) is 0 Å². The lowest BCUT2D eigenvalue weighted by atomic mass is 10.1. The smallest absolute Gasteiger partial charge is 0.212 e. The number of aromatic hydroxyl groups is 2. The van der Waals surface area contributed by atoms with E-state index in [1.54, 1.807) is 10.7 Å². The van der Waals surface area contributed by atoms with Crippen molar-refractivity contribution in [2.45, 2.75) is 12.1 Å². The van der Waals surface area contributed by atoms with E-state index in [-0.39, 0.29) is 11.5 Å². The van der Waals surface area contributed by atoms with Crippen molar-refractivity contribution >= 4 is 17.5 Å². The minimum absolute atomic E-state index is 0.145. The van der Waals surface area contributed by atoms with Gasteiger partial charge in [-0.15, -0.1) is 10.2 Å². The number of aryl methyl sites for hydroxylation is 1. The van der Waals surface area contributed by atoms with E-state index >= 15 is 0 Å². The van der Waals surface area contributed by atoms with E-state index in [4.69, 9.17) is 0 Å². The Morgan fingerprint density at radius 2 is 1.88 bits per heavy atom. The molecule has 0 saturated heterocycles. The van der Waals surface area contributed by atoms with Crippen molar-refractivity contribution in [2.24, 2.45) is 5.10 Å². The fourth-order valence-corrected chi connectivity index (χ4v) is 3.40. The van der Waals surface area contributed by atoms with Gasteiger partial charge in [-0.1, -0.05) is 36.0 Å². The second-order valence-electron chi connectivity index (χ2n) is 5.47. The minimum Gasteiger partial charge on any atom is -0.504 e. The van der Waals surface area contributed by atoms with E-state index in [0.29, 0.717) is 11.6 Å². The zero-order valence-electron chi connectivity index (χ0n) is 12.8. The van der Waals surface area contributed by atoms with Crippen molar-refractivity contribution in [1.29, 1.82) is 0 Å². The van der Waals surface area contributed by atoms with Gasteiger partial charge in [0.1, 0.15) is 0 Å². The summed E-state index contributed by atoms with van der Waals surface area (Å²) >= 11 is 1.54. The molecule has 7 heteroatoms. The van der Waals surface area contributed by atoms with E-state index < -0.39 is 0 Å². The number of rotatable bonds is 2. The zero-order chi connectivity index (χ0) is 16.7. The van der Waals surface area contributed by atoms with Crippen molar-refractivity contribution in [1.82, 2.24) is 14.9 Å². The van der Waals surface area contributed by atoms with Crippen molar-refractivity contribution in [3.63, 3.8) is 0 Å². The molecule has 0 saturated carbocycles. The Balaban J connectivity index is 1.82. The van der Waals surface area contributed by atoms with Gasteiger partial charge in [-0.05, 0) is 30.7 Å². The van der Waals surface area contributed by atoms with Crippen LogP contribution in [0.25, 0.3) is 11.4 Å². The van der Waals surface area contributed by atoms with E-state index in [1.807, 2.05) is 31.2 Å². The second-order valence-corrected chi connectivity index (χ2v) is 6.41. The summed E-state index contributed by atoms with van der Waals surface area (Å²) in [7, 11) is 0. The predicted molar refractivity (Wildman–Crippen MR) is 92.6 cm³/mol. The first kappa shape index (κ1) is 14.8. The van der Waals surface area contributed by atoms with Gasteiger partial charge < -0.3 is 10.2 Å². The number of phenols is 2. The largest absolute Gasteiger partial charge is 0.504 e. The fourth-order valence-electron chi connectivity index (χ4n) is 2.56. The van der Waals surface area contributed by atoms with E-state index in [2.05, 4.69) is 15.3 Å². The van der Waals surface area contributed by atoms with Crippen LogP contribution in [-0.4, -0.2) is 36.6 Å². The summed E-state index contributed by atoms with van der Waals surface area (Å²) in [5, 5.41) is 33.1. The predicted octanol–water partition coefficient (Wildman–Crippen LogP) is 3.02. The lowest BCUT2D eigenvalue weighted by molar-refractivity contribution is 0.403. The molecule has 0 amide bonds. The average Bonchev–Trinajstić information content (AvgIpc) is 3.01. The third-order valence-electron chi connectivity index (χ3n) is 3.87. The highest BCUT2D eigenvalue weighted by molar-refractivity contribution is 7.99. The molecule has 24 heavy (non-hydrogen) atoms. The summed E-state index contributed by atoms with van der Waals surface area (Å²) in [6.45, 7) is 2.02. The minimum atomic E-state index is -0.158. The van der Waals surface area contributed by atoms with E-state index in [0.717, 1.165) is 27.6 Å². The molecule has 3 aromatic rings. The van der Waals surface area contributed by atoms with Gasteiger partial charge in [0.05, 0.1) is 5.71 Å². The van der Waals surface area contributed by atoms with Crippen LogP contribution >= 0.6 is 11.8 Å². The van der Waals surface area contributed by atoms with Crippen LogP contribution in [0.4, 0.5) is 0 Å². The summed E-state index contributed by atoms with van der Waals surface area (Å²) in [6.07, 6.45) is 0. The molecule has 1 aliphatic heterocycles. The SMILES string of the molecule is Cc1ccccc1-c1nnc2n1N=C(c1ccc(O)c(O)c1)CS2. The number of fused-ring (bicyclic) bond motifs is 1. The van der Waals surface area contributed by atoms with Crippen LogP contribution in [0.2, 0.25) is 0 Å². The summed E-state index contributed by atoms with van der Waals surface area (Å²) in [5.41, 5.74) is 3.63. The number of nitrogens with zero attached hydrogens (tertiary/aromatic N) is 4. The van der Waals surface area contributed by atoms with Crippen molar-refractivity contribution in [2.75, 3.05) is 5.75 Å². The van der Waals surface area contributed by atoms with Crippen LogP contribution < -0.4 is 0 Å². The third kappa shape index (κ3) is 2.43. The summed E-state index contributed by atoms with van der Waals surface area (Å²) in [4.78, 5) is 0. The molecule has 1 aromatic heterocycles. The molecule has 0 unspecified atom stereocenters. The van der Waals surface area contributed by atoms with Crippen molar-refractivity contribution in [3.05, 3.63) is 53.6 Å². The molecular weight excluding hydrogens is 324 g/mol. The number of benzene rings is 2. The number of thioether (sulfide) groups is 1. The van der Waals surface area contributed by atoms with E-state index in [9.17, 15) is 10.2 Å². The Labute approximate surface area is 142 Å². The first-order chi connectivity index (χ1) is 11.6. The Bertz CT molecular complexity index is 965. The number of phenolic OH excluding ortho intramolecular Hbond substituents is 2. The molecule has 0 spiro atoms. The molecule has 1 aliphatic rings. The molecule has 0 aliphatic carbocycles. The molecule has 0 fully saturated rings. The molecule has 120 valence electrons. The highest BCUT2D eigenvalue weighted by Crippen LogP contribution is 2.31. The third-order valence-corrected chi connectivity index (χ3v) is 4.80. The quantitative estimate of drug-likeness (QED) is 0.702. The van der Waals surface area contributed by atoms with Crippen LogP contribution in [0.3, 0.4) is 0 Å². The molecule has 2 aromatic carbocycles. The van der Waals surface area contributed by atoms with Gasteiger partial charge in [0.25, 0.3) is 0 Å². The first-order valence-corrected chi connectivity index (χ1v) is 8.36. The number of hydrogen-bond donors (Lipinski definition) is 2. The maximum Gasteiger partial charge on any atom is 0.212 e. The highest BCUT2D eigenvalue weighted by atomic mass is 32.2. The van der Waals surface area contributed by atoms with Crippen LogP contribution in [0.15, 0.2) is 52.7 Å². The van der Waals surface area contributed by atoms with E-state index in [1.165, 1.54) is 23.9 Å². The molecule has 2 N–H and O–H groups in total. The van der Waals surface area contributed by atoms with Gasteiger partial charge in [0.15, 0.2) is 17.3 Å². The topological polar surface area (TPSA) is 83.5 Å². The number of hydrogen-bond acceptors (Lipinski definition) is 6. The van der Waals surface area contributed by atoms with Crippen LogP contribution in [0.1, 0.15) is 11.1 Å². The monoisotopic (exact) mass is 338 g/mol. The lowest BCUT2D eigenvalue weighted by Crippen LogP contribution is -2.13. The Kier molecular flexibility index (Phi) is 3.50. The van der Waals surface area contributed by atoms with Crippen molar-refractivity contribution in [3.8, 4) is 22.9 Å². The molecular formula is C17H14N4O2S. The molecule has 4 rings (SSSR count). The molecule has 2 heterocycles. The summed E-state index contributed by atoms with van der Waals surface area (Å²) in [5.74, 6) is 1.01. The Hall–Kier alpha value is -2.80. The first-order valence-electron chi connectivity index (χ1n) is 7.38. The second kappa shape index (κ2) is 5.68. The Morgan fingerprint density at radius 1 is 1.04 bits per heavy atom. The van der Waals surface area contributed by atoms with Gasteiger partial charge >= 0.3 is 0 Å². The fraction of sp³-hybridized carbons (Fsp3) is 0.118. The molecule has 0 atom stereocenters. The average molecular weight is 338 g/mol. The van der Waals surface area contributed by atoms with Gasteiger partial charge in [-0.25, -0.2) is 0 Å². The van der Waals surface area contributed by atoms with Gasteiger partial charge in [0, 0.05) is 16.9 Å². The van der Waals surface area contributed by atoms with Crippen LogP contribution in [0, 0.1) is 6.92 Å².